The van der Waals surface area contributed by atoms with E-state index in [0.29, 0.717) is 19.4 Å². The fourth-order valence-electron chi connectivity index (χ4n) is 2.99. The smallest absolute Gasteiger partial charge is 0.310 e. The largest absolute Gasteiger partial charge is 0.481 e. The van der Waals surface area contributed by atoms with Gasteiger partial charge in [0.05, 0.1) is 11.6 Å². The first kappa shape index (κ1) is 15.5. The van der Waals surface area contributed by atoms with E-state index in [1.165, 1.54) is 0 Å². The molecule has 1 aliphatic rings. The van der Waals surface area contributed by atoms with Crippen molar-refractivity contribution in [1.29, 1.82) is 0 Å². The molecule has 6 nitrogen and oxygen atoms in total. The molecular formula is C15H23N3O3. The molecule has 1 aliphatic carbocycles. The van der Waals surface area contributed by atoms with Gasteiger partial charge in [-0.1, -0.05) is 25.7 Å². The number of aromatic nitrogens is 2. The van der Waals surface area contributed by atoms with Crippen molar-refractivity contribution in [3.05, 3.63) is 17.5 Å². The predicted octanol–water partition coefficient (Wildman–Crippen LogP) is 2.15. The highest BCUT2D eigenvalue weighted by Gasteiger charge is 2.40. The van der Waals surface area contributed by atoms with Gasteiger partial charge >= 0.3 is 5.97 Å². The number of aliphatic carboxylic acids is 1. The second kappa shape index (κ2) is 6.74. The summed E-state index contributed by atoms with van der Waals surface area (Å²) in [5.74, 6) is -1.03. The van der Waals surface area contributed by atoms with Gasteiger partial charge in [-0.05, 0) is 19.8 Å². The van der Waals surface area contributed by atoms with Crippen molar-refractivity contribution < 1.29 is 14.7 Å². The Kier molecular flexibility index (Phi) is 4.98. The molecule has 0 atom stereocenters. The highest BCUT2D eigenvalue weighted by atomic mass is 16.4. The maximum absolute atomic E-state index is 12.1. The highest BCUT2D eigenvalue weighted by Crippen LogP contribution is 2.38. The van der Waals surface area contributed by atoms with Crippen LogP contribution in [0.3, 0.4) is 0 Å². The lowest BCUT2D eigenvalue weighted by Gasteiger charge is -2.27. The number of carbonyl (C=O) groups is 2. The molecule has 116 valence electrons. The zero-order valence-corrected chi connectivity index (χ0v) is 12.4. The van der Waals surface area contributed by atoms with E-state index in [1.807, 2.05) is 6.92 Å². The average Bonchev–Trinajstić information content (AvgIpc) is 2.70. The van der Waals surface area contributed by atoms with E-state index in [2.05, 4.69) is 15.5 Å². The van der Waals surface area contributed by atoms with Crippen molar-refractivity contribution in [2.24, 2.45) is 5.41 Å². The maximum Gasteiger partial charge on any atom is 0.310 e. The van der Waals surface area contributed by atoms with Crippen LogP contribution in [0.2, 0.25) is 0 Å². The summed E-state index contributed by atoms with van der Waals surface area (Å²) in [6, 6.07) is 0. The topological polar surface area (TPSA) is 95.1 Å². The van der Waals surface area contributed by atoms with E-state index in [0.717, 1.165) is 36.9 Å². The van der Waals surface area contributed by atoms with Crippen LogP contribution >= 0.6 is 0 Å². The van der Waals surface area contributed by atoms with Gasteiger partial charge in [-0.2, -0.15) is 5.10 Å². The van der Waals surface area contributed by atoms with Gasteiger partial charge in [0.15, 0.2) is 0 Å². The fraction of sp³-hybridized carbons (Fsp3) is 0.667. The molecule has 1 aromatic heterocycles. The van der Waals surface area contributed by atoms with Crippen LogP contribution in [0.1, 0.15) is 56.2 Å². The minimum atomic E-state index is -0.883. The molecule has 0 unspecified atom stereocenters. The second-order valence-electron chi connectivity index (χ2n) is 5.97. The summed E-state index contributed by atoms with van der Waals surface area (Å²) in [5.41, 5.74) is 0.956. The minimum Gasteiger partial charge on any atom is -0.481 e. The standard InChI is InChI=1S/C15H23N3O3/c1-11-12(10-17-18-11)9-16-13(19)8-15(14(20)21)6-4-2-3-5-7-15/h10H,2-9H2,1H3,(H,16,19)(H,17,18)(H,20,21). The van der Waals surface area contributed by atoms with Crippen molar-refractivity contribution in [3.63, 3.8) is 0 Å². The summed E-state index contributed by atoms with van der Waals surface area (Å²) >= 11 is 0. The van der Waals surface area contributed by atoms with Crippen molar-refractivity contribution in [1.82, 2.24) is 15.5 Å². The second-order valence-corrected chi connectivity index (χ2v) is 5.97. The molecule has 0 radical (unpaired) electrons. The molecule has 2 rings (SSSR count). The minimum absolute atomic E-state index is 0.0687. The van der Waals surface area contributed by atoms with E-state index in [4.69, 9.17) is 0 Å². The van der Waals surface area contributed by atoms with Gasteiger partial charge in [-0.3, -0.25) is 14.7 Å². The SMILES string of the molecule is Cc1[nH]ncc1CNC(=O)CC1(C(=O)O)CCCCCC1. The molecule has 1 saturated carbocycles. The number of hydrogen-bond donors (Lipinski definition) is 3. The Bertz CT molecular complexity index is 502. The summed E-state index contributed by atoms with van der Waals surface area (Å²) in [6.07, 6.45) is 6.84. The lowest BCUT2D eigenvalue weighted by atomic mass is 9.77. The number of aromatic amines is 1. The molecule has 0 saturated heterocycles. The highest BCUT2D eigenvalue weighted by molar-refractivity contribution is 5.85. The van der Waals surface area contributed by atoms with Gasteiger partial charge in [0, 0.05) is 24.2 Å². The Balaban J connectivity index is 1.95. The molecule has 0 aromatic carbocycles. The normalized spacial score (nSPS) is 18.0. The number of aryl methyl sites for hydroxylation is 1. The molecule has 0 aliphatic heterocycles. The Morgan fingerprint density at radius 3 is 2.52 bits per heavy atom. The van der Waals surface area contributed by atoms with Crippen LogP contribution in [0, 0.1) is 12.3 Å². The molecule has 0 spiro atoms. The number of H-pyrrole nitrogens is 1. The number of carbonyl (C=O) groups excluding carboxylic acids is 1. The van der Waals surface area contributed by atoms with Gasteiger partial charge in [0.25, 0.3) is 0 Å². The van der Waals surface area contributed by atoms with Crippen LogP contribution < -0.4 is 5.32 Å². The van der Waals surface area contributed by atoms with E-state index < -0.39 is 11.4 Å². The summed E-state index contributed by atoms with van der Waals surface area (Å²) in [6.45, 7) is 2.27. The molecule has 1 heterocycles. The van der Waals surface area contributed by atoms with Crippen LogP contribution in [-0.4, -0.2) is 27.2 Å². The van der Waals surface area contributed by atoms with Gasteiger partial charge in [0.2, 0.25) is 5.91 Å². The summed E-state index contributed by atoms with van der Waals surface area (Å²) in [4.78, 5) is 23.8. The first-order valence-electron chi connectivity index (χ1n) is 7.52. The van der Waals surface area contributed by atoms with E-state index >= 15 is 0 Å². The third kappa shape index (κ3) is 3.83. The Morgan fingerprint density at radius 1 is 1.33 bits per heavy atom. The van der Waals surface area contributed by atoms with Crippen LogP contribution in [0.4, 0.5) is 0 Å². The molecule has 6 heteroatoms. The predicted molar refractivity (Wildman–Crippen MR) is 77.6 cm³/mol. The zero-order valence-electron chi connectivity index (χ0n) is 12.4. The van der Waals surface area contributed by atoms with Gasteiger partial charge in [-0.25, -0.2) is 0 Å². The summed E-state index contributed by atoms with van der Waals surface area (Å²) in [5, 5.41) is 19.1. The van der Waals surface area contributed by atoms with Crippen molar-refractivity contribution >= 4 is 11.9 Å². The summed E-state index contributed by atoms with van der Waals surface area (Å²) in [7, 11) is 0. The van der Waals surface area contributed by atoms with E-state index in [-0.39, 0.29) is 12.3 Å². The van der Waals surface area contributed by atoms with Crippen molar-refractivity contribution in [2.45, 2.75) is 58.4 Å². The Morgan fingerprint density at radius 2 is 2.00 bits per heavy atom. The monoisotopic (exact) mass is 293 g/mol. The Labute approximate surface area is 124 Å². The third-order valence-electron chi connectivity index (χ3n) is 4.42. The number of rotatable bonds is 5. The first-order valence-corrected chi connectivity index (χ1v) is 7.52. The van der Waals surface area contributed by atoms with Crippen LogP contribution in [0.25, 0.3) is 0 Å². The fourth-order valence-corrected chi connectivity index (χ4v) is 2.99. The Hall–Kier alpha value is -1.85. The van der Waals surface area contributed by atoms with Crippen LogP contribution in [0.5, 0.6) is 0 Å². The van der Waals surface area contributed by atoms with Crippen LogP contribution in [-0.2, 0) is 16.1 Å². The first-order chi connectivity index (χ1) is 10.0. The number of amides is 1. The van der Waals surface area contributed by atoms with Gasteiger partial charge in [-0.15, -0.1) is 0 Å². The van der Waals surface area contributed by atoms with Crippen LogP contribution in [0.15, 0.2) is 6.20 Å². The van der Waals surface area contributed by atoms with Gasteiger partial charge in [0.1, 0.15) is 0 Å². The third-order valence-corrected chi connectivity index (χ3v) is 4.42. The molecule has 1 fully saturated rings. The molecular weight excluding hydrogens is 270 g/mol. The van der Waals surface area contributed by atoms with E-state index in [9.17, 15) is 14.7 Å². The van der Waals surface area contributed by atoms with Crippen molar-refractivity contribution in [2.75, 3.05) is 0 Å². The lowest BCUT2D eigenvalue weighted by Crippen LogP contribution is -2.37. The quantitative estimate of drug-likeness (QED) is 0.725. The van der Waals surface area contributed by atoms with E-state index in [1.54, 1.807) is 6.20 Å². The molecule has 3 N–H and O–H groups in total. The maximum atomic E-state index is 12.1. The van der Waals surface area contributed by atoms with Gasteiger partial charge < -0.3 is 10.4 Å². The number of nitrogens with one attached hydrogen (secondary N) is 2. The lowest BCUT2D eigenvalue weighted by molar-refractivity contribution is -0.152. The average molecular weight is 293 g/mol. The number of nitrogens with zero attached hydrogens (tertiary/aromatic N) is 1. The molecule has 1 aromatic rings. The molecule has 0 bridgehead atoms. The zero-order chi connectivity index (χ0) is 15.3. The number of carboxylic acids is 1. The molecule has 21 heavy (non-hydrogen) atoms. The number of carboxylic acid groups (broad SMARTS) is 1. The summed E-state index contributed by atoms with van der Waals surface area (Å²) < 4.78 is 0. The van der Waals surface area contributed by atoms with Crippen molar-refractivity contribution in [3.8, 4) is 0 Å². The number of hydrogen-bond acceptors (Lipinski definition) is 3. The molecule has 1 amide bonds.